The van der Waals surface area contributed by atoms with E-state index in [1.807, 2.05) is 0 Å². The lowest BCUT2D eigenvalue weighted by atomic mass is 10.1. The van der Waals surface area contributed by atoms with Crippen molar-refractivity contribution in [2.75, 3.05) is 6.54 Å². The van der Waals surface area contributed by atoms with E-state index in [9.17, 15) is 9.59 Å². The fraction of sp³-hybridized carbons (Fsp3) is 0.625. The van der Waals surface area contributed by atoms with Crippen LogP contribution in [0.1, 0.15) is 19.3 Å². The molecule has 3 nitrogen and oxygen atoms in total. The van der Waals surface area contributed by atoms with Crippen LogP contribution >= 0.6 is 0 Å². The number of carbonyl (C=O) groups is 2. The molecule has 61 valence electrons. The molecule has 1 rings (SSSR count). The van der Waals surface area contributed by atoms with Gasteiger partial charge in [-0.1, -0.05) is 0 Å². The maximum absolute atomic E-state index is 11.1. The van der Waals surface area contributed by atoms with Crippen LogP contribution in [0.25, 0.3) is 0 Å². The van der Waals surface area contributed by atoms with Crippen molar-refractivity contribution in [2.45, 2.75) is 25.3 Å². The molecule has 0 saturated carbocycles. The zero-order valence-corrected chi connectivity index (χ0v) is 6.43. The number of rotatable bonds is 3. The van der Waals surface area contributed by atoms with Gasteiger partial charge in [-0.2, -0.15) is 0 Å². The standard InChI is InChI=1S/C8H12NO2/c1-6(10)5-8(11)7-3-2-4-9-7/h7,9H,1-5H2/t7-/m0/s1. The van der Waals surface area contributed by atoms with Gasteiger partial charge in [0, 0.05) is 6.92 Å². The van der Waals surface area contributed by atoms with Crippen molar-refractivity contribution in [3.63, 3.8) is 0 Å². The van der Waals surface area contributed by atoms with Gasteiger partial charge in [-0.25, -0.2) is 0 Å². The monoisotopic (exact) mass is 154 g/mol. The minimum Gasteiger partial charge on any atom is -0.307 e. The Hall–Kier alpha value is -0.700. The Morgan fingerprint density at radius 3 is 2.73 bits per heavy atom. The number of hydrogen-bond donors (Lipinski definition) is 1. The van der Waals surface area contributed by atoms with Crippen LogP contribution in [0.4, 0.5) is 0 Å². The Bertz CT molecular complexity index is 171. The summed E-state index contributed by atoms with van der Waals surface area (Å²) < 4.78 is 0. The molecular weight excluding hydrogens is 142 g/mol. The van der Waals surface area contributed by atoms with E-state index >= 15 is 0 Å². The minimum atomic E-state index is -0.288. The quantitative estimate of drug-likeness (QED) is 0.586. The van der Waals surface area contributed by atoms with Crippen LogP contribution in [-0.4, -0.2) is 24.2 Å². The maximum Gasteiger partial charge on any atom is 0.157 e. The van der Waals surface area contributed by atoms with E-state index in [2.05, 4.69) is 12.2 Å². The zero-order chi connectivity index (χ0) is 8.27. The van der Waals surface area contributed by atoms with E-state index in [0.717, 1.165) is 19.4 Å². The van der Waals surface area contributed by atoms with Crippen LogP contribution in [-0.2, 0) is 9.59 Å². The molecule has 1 atom stereocenters. The van der Waals surface area contributed by atoms with Crippen molar-refractivity contribution < 1.29 is 9.59 Å². The third-order valence-electron chi connectivity index (χ3n) is 1.82. The zero-order valence-electron chi connectivity index (χ0n) is 6.43. The molecule has 1 saturated heterocycles. The molecule has 3 heteroatoms. The van der Waals surface area contributed by atoms with Gasteiger partial charge in [0.25, 0.3) is 0 Å². The molecule has 1 radical (unpaired) electrons. The van der Waals surface area contributed by atoms with Crippen LogP contribution in [0, 0.1) is 6.92 Å². The second-order valence-corrected chi connectivity index (χ2v) is 2.83. The second kappa shape index (κ2) is 3.62. The van der Waals surface area contributed by atoms with Gasteiger partial charge in [0.05, 0.1) is 12.5 Å². The summed E-state index contributed by atoms with van der Waals surface area (Å²) in [5, 5.41) is 3.03. The third-order valence-corrected chi connectivity index (χ3v) is 1.82. The summed E-state index contributed by atoms with van der Waals surface area (Å²) in [6.45, 7) is 4.05. The molecular formula is C8H12NO2. The van der Waals surface area contributed by atoms with Crippen LogP contribution in [0.2, 0.25) is 0 Å². The Kier molecular flexibility index (Phi) is 2.76. The first kappa shape index (κ1) is 8.40. The van der Waals surface area contributed by atoms with Crippen LogP contribution in [0.15, 0.2) is 0 Å². The van der Waals surface area contributed by atoms with Gasteiger partial charge < -0.3 is 5.32 Å². The first-order chi connectivity index (χ1) is 5.20. The number of carbonyl (C=O) groups excluding carboxylic acids is 2. The molecule has 0 aromatic carbocycles. The number of Topliss-reactive ketones (excluding diaryl/α,β-unsaturated/α-hetero) is 2. The first-order valence-electron chi connectivity index (χ1n) is 3.81. The number of hydrogen-bond acceptors (Lipinski definition) is 3. The van der Waals surface area contributed by atoms with E-state index in [-0.39, 0.29) is 24.0 Å². The van der Waals surface area contributed by atoms with Crippen molar-refractivity contribution in [2.24, 2.45) is 0 Å². The van der Waals surface area contributed by atoms with E-state index in [1.54, 1.807) is 0 Å². The average Bonchev–Trinajstić information content (AvgIpc) is 2.35. The summed E-state index contributed by atoms with van der Waals surface area (Å²) in [5.74, 6) is -0.300. The highest BCUT2D eigenvalue weighted by Crippen LogP contribution is 2.07. The van der Waals surface area contributed by atoms with Crippen molar-refractivity contribution in [1.29, 1.82) is 0 Å². The van der Waals surface area contributed by atoms with Gasteiger partial charge in [-0.05, 0) is 19.4 Å². The van der Waals surface area contributed by atoms with Crippen molar-refractivity contribution in [3.05, 3.63) is 6.92 Å². The Balaban J connectivity index is 2.34. The van der Waals surface area contributed by atoms with Gasteiger partial charge in [0.1, 0.15) is 5.78 Å². The predicted molar refractivity (Wildman–Crippen MR) is 41.0 cm³/mol. The van der Waals surface area contributed by atoms with Crippen LogP contribution in [0.3, 0.4) is 0 Å². The topological polar surface area (TPSA) is 46.2 Å². The predicted octanol–water partition coefficient (Wildman–Crippen LogP) is 0.101. The molecule has 0 bridgehead atoms. The number of nitrogens with one attached hydrogen (secondary N) is 1. The van der Waals surface area contributed by atoms with Gasteiger partial charge >= 0.3 is 0 Å². The highest BCUT2D eigenvalue weighted by Gasteiger charge is 2.22. The summed E-state index contributed by atoms with van der Waals surface area (Å²) in [6.07, 6.45) is 1.88. The molecule has 1 aliphatic heterocycles. The second-order valence-electron chi connectivity index (χ2n) is 2.83. The molecule has 1 fully saturated rings. The fourth-order valence-electron chi connectivity index (χ4n) is 1.28. The Morgan fingerprint density at radius 1 is 1.55 bits per heavy atom. The van der Waals surface area contributed by atoms with Gasteiger partial charge in [0.2, 0.25) is 0 Å². The summed E-state index contributed by atoms with van der Waals surface area (Å²) in [5.41, 5.74) is 0. The van der Waals surface area contributed by atoms with Crippen LogP contribution < -0.4 is 5.32 Å². The molecule has 11 heavy (non-hydrogen) atoms. The van der Waals surface area contributed by atoms with Crippen molar-refractivity contribution in [1.82, 2.24) is 5.32 Å². The summed E-state index contributed by atoms with van der Waals surface area (Å²) in [4.78, 5) is 21.6. The van der Waals surface area contributed by atoms with E-state index in [1.165, 1.54) is 0 Å². The highest BCUT2D eigenvalue weighted by atomic mass is 16.1. The minimum absolute atomic E-state index is 0.0116. The first-order valence-corrected chi connectivity index (χ1v) is 3.81. The summed E-state index contributed by atoms with van der Waals surface area (Å²) in [6, 6.07) is -0.0827. The SMILES string of the molecule is [CH2]C(=O)CC(=O)[C@@H]1CCCN1. The van der Waals surface area contributed by atoms with Gasteiger partial charge in [-0.15, -0.1) is 0 Å². The van der Waals surface area contributed by atoms with Gasteiger partial charge in [0.15, 0.2) is 5.78 Å². The molecule has 0 aliphatic carbocycles. The average molecular weight is 154 g/mol. The molecule has 0 aromatic rings. The lowest BCUT2D eigenvalue weighted by Gasteiger charge is -2.05. The Morgan fingerprint density at radius 2 is 2.27 bits per heavy atom. The smallest absolute Gasteiger partial charge is 0.157 e. The number of ketones is 2. The lowest BCUT2D eigenvalue weighted by molar-refractivity contribution is -0.125. The summed E-state index contributed by atoms with van der Waals surface area (Å²) in [7, 11) is 0. The molecule has 0 spiro atoms. The molecule has 1 heterocycles. The van der Waals surface area contributed by atoms with E-state index in [0.29, 0.717) is 0 Å². The van der Waals surface area contributed by atoms with E-state index in [4.69, 9.17) is 0 Å². The normalized spacial score (nSPS) is 23.5. The van der Waals surface area contributed by atoms with Crippen molar-refractivity contribution in [3.8, 4) is 0 Å². The molecule has 0 amide bonds. The van der Waals surface area contributed by atoms with Crippen molar-refractivity contribution >= 4 is 11.6 Å². The molecule has 1 aliphatic rings. The Labute approximate surface area is 66.2 Å². The lowest BCUT2D eigenvalue weighted by Crippen LogP contribution is -2.31. The fourth-order valence-corrected chi connectivity index (χ4v) is 1.28. The largest absolute Gasteiger partial charge is 0.307 e. The molecule has 0 unspecified atom stereocenters. The molecule has 1 N–H and O–H groups in total. The van der Waals surface area contributed by atoms with Crippen LogP contribution in [0.5, 0.6) is 0 Å². The summed E-state index contributed by atoms with van der Waals surface area (Å²) >= 11 is 0. The third kappa shape index (κ3) is 2.42. The molecule has 0 aromatic heterocycles. The van der Waals surface area contributed by atoms with E-state index < -0.39 is 0 Å². The maximum atomic E-state index is 11.1. The van der Waals surface area contributed by atoms with Gasteiger partial charge in [-0.3, -0.25) is 9.59 Å². The highest BCUT2D eigenvalue weighted by molar-refractivity contribution is 6.03.